The molecule has 0 fully saturated rings. The molecule has 0 saturated carbocycles. The Balaban J connectivity index is 1.39. The maximum absolute atomic E-state index is 6.12. The van der Waals surface area contributed by atoms with Crippen LogP contribution in [0.15, 0.2) is 132 Å². The van der Waals surface area contributed by atoms with Crippen molar-refractivity contribution in [2.75, 3.05) is 4.90 Å². The second-order valence-corrected chi connectivity index (χ2v) is 10.4. The van der Waals surface area contributed by atoms with E-state index in [0.29, 0.717) is 0 Å². The summed E-state index contributed by atoms with van der Waals surface area (Å²) >= 11 is 1.88. The summed E-state index contributed by atoms with van der Waals surface area (Å²) in [5.41, 5.74) is 5.18. The van der Waals surface area contributed by atoms with Gasteiger partial charge in [-0.05, 0) is 60.0 Å². The average Bonchev–Trinajstić information content (AvgIpc) is 3.52. The molecule has 37 heavy (non-hydrogen) atoms. The molecule has 8 rings (SSSR count). The van der Waals surface area contributed by atoms with Crippen LogP contribution in [0.3, 0.4) is 0 Å². The Morgan fingerprint density at radius 2 is 1.14 bits per heavy atom. The van der Waals surface area contributed by atoms with Gasteiger partial charge >= 0.3 is 0 Å². The van der Waals surface area contributed by atoms with E-state index >= 15 is 0 Å². The molecular weight excluding hydrogens is 470 g/mol. The van der Waals surface area contributed by atoms with E-state index < -0.39 is 0 Å². The van der Waals surface area contributed by atoms with Crippen LogP contribution in [-0.4, -0.2) is 0 Å². The van der Waals surface area contributed by atoms with Crippen LogP contribution in [0.25, 0.3) is 52.9 Å². The van der Waals surface area contributed by atoms with Crippen LogP contribution in [-0.2, 0) is 0 Å². The van der Waals surface area contributed by atoms with Crippen LogP contribution in [0.2, 0.25) is 0 Å². The molecule has 0 aliphatic carbocycles. The highest BCUT2D eigenvalue weighted by Crippen LogP contribution is 2.42. The van der Waals surface area contributed by atoms with E-state index in [0.717, 1.165) is 39.0 Å². The van der Waals surface area contributed by atoms with Crippen LogP contribution in [0.4, 0.5) is 17.1 Å². The molecule has 0 radical (unpaired) electrons. The zero-order valence-corrected chi connectivity index (χ0v) is 20.7. The molecule has 0 bridgehead atoms. The monoisotopic (exact) mass is 491 g/mol. The standard InChI is InChI=1S/C34H21NOS/c1-2-8-23(9-3-1)35(25-17-19-32-30(21-25)26-10-4-6-12-31(26)36-32)24-16-14-22-15-18-28-27-11-5-7-13-33(27)37-34(28)29(22)20-24/h1-21H. The SMILES string of the molecule is c1ccc(N(c2ccc3oc4ccccc4c3c2)c2ccc3ccc4c5ccccc5sc4c3c2)cc1. The number of anilines is 3. The lowest BCUT2D eigenvalue weighted by Crippen LogP contribution is -2.09. The van der Waals surface area contributed by atoms with Crippen molar-refractivity contribution in [3.8, 4) is 0 Å². The van der Waals surface area contributed by atoms with Crippen molar-refractivity contribution < 1.29 is 4.42 Å². The highest BCUT2D eigenvalue weighted by atomic mass is 32.1. The Bertz CT molecular complexity index is 2100. The Morgan fingerprint density at radius 1 is 0.459 bits per heavy atom. The summed E-state index contributed by atoms with van der Waals surface area (Å²) in [5.74, 6) is 0. The fraction of sp³-hybridized carbons (Fsp3) is 0. The number of furan rings is 1. The Labute approximate surface area is 217 Å². The summed E-state index contributed by atoms with van der Waals surface area (Å²) in [6.45, 7) is 0. The smallest absolute Gasteiger partial charge is 0.135 e. The fourth-order valence-corrected chi connectivity index (χ4v) is 6.74. The first-order chi connectivity index (χ1) is 18.3. The van der Waals surface area contributed by atoms with Gasteiger partial charge in [-0.1, -0.05) is 72.8 Å². The molecule has 2 heterocycles. The van der Waals surface area contributed by atoms with E-state index in [-0.39, 0.29) is 0 Å². The predicted molar refractivity (Wildman–Crippen MR) is 159 cm³/mol. The number of hydrogen-bond donors (Lipinski definition) is 0. The number of nitrogens with zero attached hydrogens (tertiary/aromatic N) is 1. The van der Waals surface area contributed by atoms with E-state index in [1.54, 1.807) is 0 Å². The zero-order chi connectivity index (χ0) is 24.3. The van der Waals surface area contributed by atoms with Crippen molar-refractivity contribution in [1.82, 2.24) is 0 Å². The summed E-state index contributed by atoms with van der Waals surface area (Å²) in [6, 6.07) is 45.4. The minimum Gasteiger partial charge on any atom is -0.456 e. The van der Waals surface area contributed by atoms with Gasteiger partial charge in [-0.3, -0.25) is 0 Å². The molecule has 0 saturated heterocycles. The summed E-state index contributed by atoms with van der Waals surface area (Å²) in [4.78, 5) is 2.34. The molecule has 0 unspecified atom stereocenters. The third-order valence-corrected chi connectivity index (χ3v) is 8.46. The van der Waals surface area contributed by atoms with Gasteiger partial charge in [0.2, 0.25) is 0 Å². The number of thiophene rings is 1. The topological polar surface area (TPSA) is 16.4 Å². The predicted octanol–water partition coefficient (Wildman–Crippen LogP) is 10.6. The molecule has 2 aromatic heterocycles. The summed E-state index contributed by atoms with van der Waals surface area (Å²) in [7, 11) is 0. The third-order valence-electron chi connectivity index (χ3n) is 7.24. The number of benzene rings is 6. The summed E-state index contributed by atoms with van der Waals surface area (Å²) in [5, 5.41) is 7.45. The largest absolute Gasteiger partial charge is 0.456 e. The molecule has 0 atom stereocenters. The second kappa shape index (κ2) is 7.95. The summed E-state index contributed by atoms with van der Waals surface area (Å²) < 4.78 is 8.78. The molecule has 0 amide bonds. The lowest BCUT2D eigenvalue weighted by molar-refractivity contribution is 0.669. The highest BCUT2D eigenvalue weighted by Gasteiger charge is 2.17. The van der Waals surface area contributed by atoms with Gasteiger partial charge in [0.15, 0.2) is 0 Å². The third kappa shape index (κ3) is 3.18. The molecule has 8 aromatic rings. The van der Waals surface area contributed by atoms with Gasteiger partial charge < -0.3 is 9.32 Å². The fourth-order valence-electron chi connectivity index (χ4n) is 5.51. The maximum atomic E-state index is 6.12. The van der Waals surface area contributed by atoms with Gasteiger partial charge in [0.05, 0.1) is 0 Å². The molecule has 3 heteroatoms. The van der Waals surface area contributed by atoms with Crippen LogP contribution in [0.5, 0.6) is 0 Å². The van der Waals surface area contributed by atoms with E-state index in [1.165, 1.54) is 30.9 Å². The maximum Gasteiger partial charge on any atom is 0.135 e. The van der Waals surface area contributed by atoms with Gasteiger partial charge in [0.1, 0.15) is 11.2 Å². The number of hydrogen-bond acceptors (Lipinski definition) is 3. The molecule has 0 N–H and O–H groups in total. The minimum atomic E-state index is 0.906. The van der Waals surface area contributed by atoms with Crippen LogP contribution in [0, 0.1) is 0 Å². The first-order valence-electron chi connectivity index (χ1n) is 12.4. The van der Waals surface area contributed by atoms with Gasteiger partial charge in [0.25, 0.3) is 0 Å². The van der Waals surface area contributed by atoms with Crippen LogP contribution < -0.4 is 4.90 Å². The number of para-hydroxylation sites is 2. The van der Waals surface area contributed by atoms with Crippen LogP contribution >= 0.6 is 11.3 Å². The lowest BCUT2D eigenvalue weighted by Gasteiger charge is -2.26. The van der Waals surface area contributed by atoms with Gasteiger partial charge in [-0.15, -0.1) is 11.3 Å². The molecule has 6 aromatic carbocycles. The normalized spacial score (nSPS) is 11.8. The average molecular weight is 492 g/mol. The number of rotatable bonds is 3. The van der Waals surface area contributed by atoms with Crippen molar-refractivity contribution in [2.45, 2.75) is 0 Å². The van der Waals surface area contributed by atoms with Crippen molar-refractivity contribution in [3.05, 3.63) is 127 Å². The minimum absolute atomic E-state index is 0.906. The lowest BCUT2D eigenvalue weighted by atomic mass is 10.0. The summed E-state index contributed by atoms with van der Waals surface area (Å²) in [6.07, 6.45) is 0. The molecule has 2 nitrogen and oxygen atoms in total. The van der Waals surface area contributed by atoms with Crippen LogP contribution in [0.1, 0.15) is 0 Å². The number of fused-ring (bicyclic) bond motifs is 8. The molecular formula is C34H21NOS. The molecule has 0 aliphatic heterocycles. The Morgan fingerprint density at radius 3 is 2.03 bits per heavy atom. The van der Waals surface area contributed by atoms with Crippen molar-refractivity contribution in [2.24, 2.45) is 0 Å². The molecule has 0 aliphatic rings. The molecule has 174 valence electrons. The van der Waals surface area contributed by atoms with Crippen molar-refractivity contribution in [1.29, 1.82) is 0 Å². The van der Waals surface area contributed by atoms with Crippen molar-refractivity contribution >= 4 is 81.3 Å². The van der Waals surface area contributed by atoms with E-state index in [1.807, 2.05) is 23.5 Å². The zero-order valence-electron chi connectivity index (χ0n) is 19.9. The van der Waals surface area contributed by atoms with Gasteiger partial charge in [-0.2, -0.15) is 0 Å². The Kier molecular flexibility index (Phi) is 4.42. The molecule has 0 spiro atoms. The first-order valence-corrected chi connectivity index (χ1v) is 13.3. The van der Waals surface area contributed by atoms with Gasteiger partial charge in [0, 0.05) is 53.4 Å². The second-order valence-electron chi connectivity index (χ2n) is 9.40. The van der Waals surface area contributed by atoms with E-state index in [9.17, 15) is 0 Å². The Hall–Kier alpha value is -4.60. The first kappa shape index (κ1) is 20.6. The van der Waals surface area contributed by atoms with E-state index in [2.05, 4.69) is 120 Å². The van der Waals surface area contributed by atoms with Gasteiger partial charge in [-0.25, -0.2) is 0 Å². The van der Waals surface area contributed by atoms with Crippen molar-refractivity contribution in [3.63, 3.8) is 0 Å². The van der Waals surface area contributed by atoms with E-state index in [4.69, 9.17) is 4.42 Å². The quantitative estimate of drug-likeness (QED) is 0.244. The highest BCUT2D eigenvalue weighted by molar-refractivity contribution is 7.26.